The summed E-state index contributed by atoms with van der Waals surface area (Å²) in [7, 11) is 1.46. The molecule has 1 heterocycles. The maximum absolute atomic E-state index is 13.1. The number of Topliss-reactive ketones (excluding diaryl/α,β-unsaturated/α-hetero) is 1. The van der Waals surface area contributed by atoms with Crippen molar-refractivity contribution in [2.24, 2.45) is 0 Å². The van der Waals surface area contributed by atoms with Crippen LogP contribution in [-0.4, -0.2) is 42.0 Å². The minimum absolute atomic E-state index is 0.00955. The first-order chi connectivity index (χ1) is 14.9. The molecule has 1 N–H and O–H groups in total. The van der Waals surface area contributed by atoms with Gasteiger partial charge in [-0.3, -0.25) is 9.59 Å². The maximum atomic E-state index is 13.1. The Morgan fingerprint density at radius 2 is 1.94 bits per heavy atom. The van der Waals surface area contributed by atoms with Gasteiger partial charge >= 0.3 is 0 Å². The van der Waals surface area contributed by atoms with Crippen LogP contribution in [0.2, 0.25) is 5.02 Å². The number of ether oxygens (including phenoxy) is 2. The zero-order chi connectivity index (χ0) is 22.5. The third-order valence-corrected chi connectivity index (χ3v) is 5.43. The van der Waals surface area contributed by atoms with E-state index in [1.807, 2.05) is 26.0 Å². The number of rotatable bonds is 8. The summed E-state index contributed by atoms with van der Waals surface area (Å²) in [6.07, 6.45) is 1.59. The Hall–Kier alpha value is -2.99. The van der Waals surface area contributed by atoms with Crippen molar-refractivity contribution in [3.63, 3.8) is 0 Å². The number of methoxy groups -OCH3 is 1. The van der Waals surface area contributed by atoms with E-state index in [2.05, 4.69) is 0 Å². The predicted molar refractivity (Wildman–Crippen MR) is 120 cm³/mol. The van der Waals surface area contributed by atoms with Gasteiger partial charge in [0.05, 0.1) is 30.9 Å². The van der Waals surface area contributed by atoms with Crippen LogP contribution in [-0.2, 0) is 9.59 Å². The van der Waals surface area contributed by atoms with Gasteiger partial charge in [0.1, 0.15) is 17.3 Å². The fourth-order valence-corrected chi connectivity index (χ4v) is 3.91. The van der Waals surface area contributed by atoms with Crippen LogP contribution >= 0.6 is 11.6 Å². The number of carbonyl (C=O) groups excluding carboxylic acids is 2. The highest BCUT2D eigenvalue weighted by Crippen LogP contribution is 2.42. The minimum atomic E-state index is -0.740. The fourth-order valence-electron chi connectivity index (χ4n) is 3.74. The number of likely N-dealkylation sites (tertiary alicyclic amines) is 1. The lowest BCUT2D eigenvalue weighted by Gasteiger charge is -2.25. The second-order valence-electron chi connectivity index (χ2n) is 7.20. The normalized spacial score (nSPS) is 17.8. The quantitative estimate of drug-likeness (QED) is 0.354. The predicted octanol–water partition coefficient (Wildman–Crippen LogP) is 4.97. The molecule has 2 aromatic rings. The number of nitrogens with zero attached hydrogens (tertiary/aromatic N) is 1. The summed E-state index contributed by atoms with van der Waals surface area (Å²) in [4.78, 5) is 27.5. The molecule has 7 heteroatoms. The molecule has 1 aliphatic rings. The first kappa shape index (κ1) is 22.7. The molecule has 1 saturated heterocycles. The lowest BCUT2D eigenvalue weighted by molar-refractivity contribution is -0.139. The number of aliphatic hydroxyl groups is 1. The molecule has 0 aliphatic carbocycles. The summed E-state index contributed by atoms with van der Waals surface area (Å²) in [5.74, 6) is -0.710. The van der Waals surface area contributed by atoms with Crippen molar-refractivity contribution in [3.8, 4) is 11.5 Å². The molecule has 1 fully saturated rings. The van der Waals surface area contributed by atoms with E-state index >= 15 is 0 Å². The minimum Gasteiger partial charge on any atom is -0.507 e. The van der Waals surface area contributed by atoms with Crippen LogP contribution in [0.15, 0.2) is 48.0 Å². The average Bonchev–Trinajstić information content (AvgIpc) is 3.02. The molecule has 2 aromatic carbocycles. The number of ketones is 1. The van der Waals surface area contributed by atoms with Gasteiger partial charge in [-0.15, -0.1) is 0 Å². The lowest BCUT2D eigenvalue weighted by atomic mass is 9.94. The monoisotopic (exact) mass is 443 g/mol. The van der Waals surface area contributed by atoms with Crippen molar-refractivity contribution in [3.05, 3.63) is 64.2 Å². The molecule has 31 heavy (non-hydrogen) atoms. The van der Waals surface area contributed by atoms with Gasteiger partial charge in [0.15, 0.2) is 0 Å². The van der Waals surface area contributed by atoms with Crippen molar-refractivity contribution in [2.75, 3.05) is 20.3 Å². The second-order valence-corrected chi connectivity index (χ2v) is 7.63. The van der Waals surface area contributed by atoms with E-state index in [0.717, 1.165) is 12.8 Å². The van der Waals surface area contributed by atoms with E-state index in [9.17, 15) is 14.7 Å². The summed E-state index contributed by atoms with van der Waals surface area (Å²) < 4.78 is 10.9. The summed E-state index contributed by atoms with van der Waals surface area (Å²) in [5.41, 5.74) is 0.952. The number of amides is 1. The van der Waals surface area contributed by atoms with E-state index in [-0.39, 0.29) is 16.9 Å². The molecule has 0 spiro atoms. The van der Waals surface area contributed by atoms with Crippen molar-refractivity contribution in [1.82, 2.24) is 4.90 Å². The molecule has 1 aliphatic heterocycles. The molecular formula is C24H26ClNO5. The molecule has 164 valence electrons. The molecule has 1 amide bonds. The van der Waals surface area contributed by atoms with E-state index in [1.165, 1.54) is 18.1 Å². The van der Waals surface area contributed by atoms with Gasteiger partial charge in [-0.05, 0) is 49.2 Å². The average molecular weight is 444 g/mol. The summed E-state index contributed by atoms with van der Waals surface area (Å²) >= 11 is 6.13. The lowest BCUT2D eigenvalue weighted by Crippen LogP contribution is -2.30. The molecule has 0 bridgehead atoms. The third-order valence-electron chi connectivity index (χ3n) is 5.19. The van der Waals surface area contributed by atoms with Gasteiger partial charge in [0.2, 0.25) is 0 Å². The smallest absolute Gasteiger partial charge is 0.295 e. The van der Waals surface area contributed by atoms with Crippen LogP contribution in [0, 0.1) is 0 Å². The van der Waals surface area contributed by atoms with Gasteiger partial charge in [0, 0.05) is 11.6 Å². The van der Waals surface area contributed by atoms with E-state index in [1.54, 1.807) is 24.3 Å². The highest BCUT2D eigenvalue weighted by Gasteiger charge is 2.46. The van der Waals surface area contributed by atoms with E-state index < -0.39 is 17.7 Å². The first-order valence-corrected chi connectivity index (χ1v) is 10.7. The summed E-state index contributed by atoms with van der Waals surface area (Å²) in [6, 6.07) is 11.2. The Morgan fingerprint density at radius 1 is 1.16 bits per heavy atom. The Labute approximate surface area is 187 Å². The molecule has 0 radical (unpaired) electrons. The summed E-state index contributed by atoms with van der Waals surface area (Å²) in [6.45, 7) is 4.77. The molecule has 0 aromatic heterocycles. The van der Waals surface area contributed by atoms with Crippen molar-refractivity contribution in [1.29, 1.82) is 0 Å². The van der Waals surface area contributed by atoms with Crippen molar-refractivity contribution in [2.45, 2.75) is 32.7 Å². The van der Waals surface area contributed by atoms with Crippen LogP contribution in [0.25, 0.3) is 5.76 Å². The second kappa shape index (κ2) is 9.88. The number of hydrogen-bond acceptors (Lipinski definition) is 5. The number of halogens is 1. The number of carbonyl (C=O) groups is 2. The molecule has 6 nitrogen and oxygen atoms in total. The van der Waals surface area contributed by atoms with Gasteiger partial charge in [-0.25, -0.2) is 0 Å². The topological polar surface area (TPSA) is 76.1 Å². The van der Waals surface area contributed by atoms with E-state index in [0.29, 0.717) is 35.2 Å². The van der Waals surface area contributed by atoms with E-state index in [4.69, 9.17) is 21.1 Å². The van der Waals surface area contributed by atoms with Gasteiger partial charge in [-0.2, -0.15) is 0 Å². The maximum Gasteiger partial charge on any atom is 0.295 e. The van der Waals surface area contributed by atoms with Gasteiger partial charge in [-0.1, -0.05) is 37.1 Å². The van der Waals surface area contributed by atoms with Crippen LogP contribution < -0.4 is 9.47 Å². The highest BCUT2D eigenvalue weighted by molar-refractivity contribution is 6.46. The SMILES string of the molecule is CCCCN1C(=O)C(=O)/C(=C(/O)c2cc(Cl)ccc2OC)C1c1cccc(OCC)c1. The van der Waals surface area contributed by atoms with Gasteiger partial charge < -0.3 is 19.5 Å². The zero-order valence-electron chi connectivity index (χ0n) is 17.9. The molecular weight excluding hydrogens is 418 g/mol. The van der Waals surface area contributed by atoms with Crippen molar-refractivity contribution >= 4 is 29.1 Å². The molecule has 1 unspecified atom stereocenters. The summed E-state index contributed by atoms with van der Waals surface area (Å²) in [5, 5.41) is 11.6. The fraction of sp³-hybridized carbons (Fsp3) is 0.333. The Kier molecular flexibility index (Phi) is 7.23. The highest BCUT2D eigenvalue weighted by atomic mass is 35.5. The largest absolute Gasteiger partial charge is 0.507 e. The Balaban J connectivity index is 2.22. The zero-order valence-corrected chi connectivity index (χ0v) is 18.6. The molecule has 0 saturated carbocycles. The van der Waals surface area contributed by atoms with Gasteiger partial charge in [0.25, 0.3) is 11.7 Å². The third kappa shape index (κ3) is 4.54. The number of unbranched alkanes of at least 4 members (excludes halogenated alkanes) is 1. The van der Waals surface area contributed by atoms with Crippen LogP contribution in [0.1, 0.15) is 43.9 Å². The molecule has 1 atom stereocenters. The first-order valence-electron chi connectivity index (χ1n) is 10.3. The van der Waals surface area contributed by atoms with Crippen LogP contribution in [0.5, 0.6) is 11.5 Å². The van der Waals surface area contributed by atoms with Crippen LogP contribution in [0.3, 0.4) is 0 Å². The standard InChI is InChI=1S/C24H26ClNO5/c1-4-6-12-26-21(15-8-7-9-17(13-15)31-5-2)20(23(28)24(26)29)22(27)18-14-16(25)10-11-19(18)30-3/h7-11,13-14,21,27H,4-6,12H2,1-3H3/b22-20+. The molecule has 3 rings (SSSR count). The number of aliphatic hydroxyl groups excluding tert-OH is 1. The van der Waals surface area contributed by atoms with Crippen molar-refractivity contribution < 1.29 is 24.2 Å². The Morgan fingerprint density at radius 3 is 2.61 bits per heavy atom. The number of benzene rings is 2. The Bertz CT molecular complexity index is 1020. The number of hydrogen-bond donors (Lipinski definition) is 1. The van der Waals surface area contributed by atoms with Crippen LogP contribution in [0.4, 0.5) is 0 Å².